The van der Waals surface area contributed by atoms with E-state index in [1.165, 1.54) is 24.3 Å². The average Bonchev–Trinajstić information content (AvgIpc) is 2.96. The van der Waals surface area contributed by atoms with E-state index in [4.69, 9.17) is 0 Å². The first kappa shape index (κ1) is 15.5. The van der Waals surface area contributed by atoms with E-state index in [9.17, 15) is 14.9 Å². The molecule has 2 aromatic rings. The lowest BCUT2D eigenvalue weighted by Crippen LogP contribution is -2.26. The van der Waals surface area contributed by atoms with Crippen molar-refractivity contribution in [2.24, 2.45) is 0 Å². The van der Waals surface area contributed by atoms with Crippen molar-refractivity contribution in [3.05, 3.63) is 45.8 Å². The van der Waals surface area contributed by atoms with Gasteiger partial charge in [-0.3, -0.25) is 14.9 Å². The smallest absolute Gasteiger partial charge is 0.270 e. The number of tetrazole rings is 1. The zero-order valence-corrected chi connectivity index (χ0v) is 12.3. The zero-order valence-electron chi connectivity index (χ0n) is 12.3. The summed E-state index contributed by atoms with van der Waals surface area (Å²) in [5, 5.41) is 24.8. The summed E-state index contributed by atoms with van der Waals surface area (Å²) in [4.78, 5) is 22.1. The lowest BCUT2D eigenvalue weighted by atomic mass is 10.2. The van der Waals surface area contributed by atoms with Crippen LogP contribution in [0.3, 0.4) is 0 Å². The molecule has 1 amide bonds. The Bertz CT molecular complexity index is 682. The molecule has 0 spiro atoms. The first-order valence-corrected chi connectivity index (χ1v) is 6.78. The van der Waals surface area contributed by atoms with Gasteiger partial charge in [0.1, 0.15) is 0 Å². The third-order valence-corrected chi connectivity index (χ3v) is 3.00. The van der Waals surface area contributed by atoms with Crippen LogP contribution in [0.4, 0.5) is 5.69 Å². The molecule has 9 nitrogen and oxygen atoms in total. The van der Waals surface area contributed by atoms with E-state index in [0.29, 0.717) is 18.8 Å². The predicted molar refractivity (Wildman–Crippen MR) is 77.3 cm³/mol. The minimum absolute atomic E-state index is 0.114. The Labute approximate surface area is 126 Å². The molecule has 22 heavy (non-hydrogen) atoms. The van der Waals surface area contributed by atoms with Crippen molar-refractivity contribution < 1.29 is 9.72 Å². The number of non-ortho nitro benzene ring substituents is 1. The Morgan fingerprint density at radius 1 is 1.45 bits per heavy atom. The Kier molecular flexibility index (Phi) is 4.77. The SMILES string of the molecule is CC(C)n1nnnc1CCNC(=O)c1cccc([N+](=O)[O-])c1. The number of hydrogen-bond donors (Lipinski definition) is 1. The summed E-state index contributed by atoms with van der Waals surface area (Å²) < 4.78 is 1.68. The molecule has 0 aliphatic heterocycles. The van der Waals surface area contributed by atoms with Gasteiger partial charge in [-0.05, 0) is 30.3 Å². The third-order valence-electron chi connectivity index (χ3n) is 3.00. The van der Waals surface area contributed by atoms with E-state index in [2.05, 4.69) is 20.8 Å². The van der Waals surface area contributed by atoms with Gasteiger partial charge in [0, 0.05) is 30.7 Å². The number of rotatable bonds is 6. The molecular weight excluding hydrogens is 288 g/mol. The predicted octanol–water partition coefficient (Wildman–Crippen LogP) is 1.13. The van der Waals surface area contributed by atoms with Crippen molar-refractivity contribution in [2.75, 3.05) is 6.54 Å². The molecule has 116 valence electrons. The lowest BCUT2D eigenvalue weighted by Gasteiger charge is -2.08. The number of nitrogens with zero attached hydrogens (tertiary/aromatic N) is 5. The normalized spacial score (nSPS) is 10.7. The zero-order chi connectivity index (χ0) is 16.1. The second-order valence-corrected chi connectivity index (χ2v) is 4.95. The summed E-state index contributed by atoms with van der Waals surface area (Å²) in [6.45, 7) is 4.26. The summed E-state index contributed by atoms with van der Waals surface area (Å²) in [5.41, 5.74) is 0.133. The summed E-state index contributed by atoms with van der Waals surface area (Å²) >= 11 is 0. The Morgan fingerprint density at radius 3 is 2.91 bits per heavy atom. The second-order valence-electron chi connectivity index (χ2n) is 4.95. The van der Waals surface area contributed by atoms with Crippen molar-refractivity contribution in [1.82, 2.24) is 25.5 Å². The number of benzene rings is 1. The number of aromatic nitrogens is 4. The van der Waals surface area contributed by atoms with Gasteiger partial charge in [-0.1, -0.05) is 6.07 Å². The van der Waals surface area contributed by atoms with Gasteiger partial charge in [0.25, 0.3) is 11.6 Å². The van der Waals surface area contributed by atoms with Crippen LogP contribution in [0, 0.1) is 10.1 Å². The van der Waals surface area contributed by atoms with Crippen LogP contribution in [0.15, 0.2) is 24.3 Å². The van der Waals surface area contributed by atoms with E-state index in [1.807, 2.05) is 13.8 Å². The maximum atomic E-state index is 12.0. The van der Waals surface area contributed by atoms with E-state index in [1.54, 1.807) is 4.68 Å². The van der Waals surface area contributed by atoms with Crippen molar-refractivity contribution in [1.29, 1.82) is 0 Å². The van der Waals surface area contributed by atoms with Crippen LogP contribution in [0.1, 0.15) is 36.1 Å². The molecule has 0 atom stereocenters. The number of hydrogen-bond acceptors (Lipinski definition) is 6. The molecule has 9 heteroatoms. The van der Waals surface area contributed by atoms with Crippen LogP contribution >= 0.6 is 0 Å². The minimum atomic E-state index is -0.534. The van der Waals surface area contributed by atoms with Gasteiger partial charge in [-0.2, -0.15) is 0 Å². The average molecular weight is 304 g/mol. The molecular formula is C13H16N6O3. The van der Waals surface area contributed by atoms with Gasteiger partial charge >= 0.3 is 0 Å². The van der Waals surface area contributed by atoms with Crippen LogP contribution in [0.25, 0.3) is 0 Å². The van der Waals surface area contributed by atoms with E-state index in [0.717, 1.165) is 0 Å². The van der Waals surface area contributed by atoms with Crippen LogP contribution in [-0.4, -0.2) is 37.6 Å². The molecule has 0 aliphatic rings. The monoisotopic (exact) mass is 304 g/mol. The molecule has 0 unspecified atom stereocenters. The third kappa shape index (κ3) is 3.62. The Morgan fingerprint density at radius 2 is 2.23 bits per heavy atom. The Hall–Kier alpha value is -2.84. The summed E-state index contributed by atoms with van der Waals surface area (Å²) in [7, 11) is 0. The highest BCUT2D eigenvalue weighted by atomic mass is 16.6. The fourth-order valence-electron chi connectivity index (χ4n) is 1.93. The van der Waals surface area contributed by atoms with Crippen molar-refractivity contribution >= 4 is 11.6 Å². The molecule has 0 radical (unpaired) electrons. The van der Waals surface area contributed by atoms with E-state index >= 15 is 0 Å². The number of nitrogens with one attached hydrogen (secondary N) is 1. The number of nitro groups is 1. The van der Waals surface area contributed by atoms with Crippen molar-refractivity contribution in [3.63, 3.8) is 0 Å². The highest BCUT2D eigenvalue weighted by Gasteiger charge is 2.12. The molecule has 1 heterocycles. The van der Waals surface area contributed by atoms with Crippen LogP contribution in [0.5, 0.6) is 0 Å². The highest BCUT2D eigenvalue weighted by Crippen LogP contribution is 2.12. The standard InChI is InChI=1S/C13H16N6O3/c1-9(2)18-12(15-16-17-18)6-7-14-13(20)10-4-3-5-11(8-10)19(21)22/h3-5,8-9H,6-7H2,1-2H3,(H,14,20). The first-order chi connectivity index (χ1) is 10.5. The van der Waals surface area contributed by atoms with Gasteiger partial charge in [0.15, 0.2) is 5.82 Å². The molecule has 0 aliphatic carbocycles. The fraction of sp³-hybridized carbons (Fsp3) is 0.385. The van der Waals surface area contributed by atoms with Crippen LogP contribution < -0.4 is 5.32 Å². The molecule has 1 aromatic carbocycles. The quantitative estimate of drug-likeness (QED) is 0.631. The maximum Gasteiger partial charge on any atom is 0.270 e. The molecule has 0 bridgehead atoms. The van der Waals surface area contributed by atoms with Crippen LogP contribution in [0.2, 0.25) is 0 Å². The fourth-order valence-corrected chi connectivity index (χ4v) is 1.93. The van der Waals surface area contributed by atoms with Crippen molar-refractivity contribution in [2.45, 2.75) is 26.3 Å². The van der Waals surface area contributed by atoms with E-state index in [-0.39, 0.29) is 23.2 Å². The molecule has 2 rings (SSSR count). The first-order valence-electron chi connectivity index (χ1n) is 6.78. The maximum absolute atomic E-state index is 12.0. The largest absolute Gasteiger partial charge is 0.352 e. The molecule has 0 saturated heterocycles. The minimum Gasteiger partial charge on any atom is -0.352 e. The summed E-state index contributed by atoms with van der Waals surface area (Å²) in [5.74, 6) is 0.307. The van der Waals surface area contributed by atoms with Gasteiger partial charge in [0.05, 0.1) is 11.0 Å². The highest BCUT2D eigenvalue weighted by molar-refractivity contribution is 5.94. The Balaban J connectivity index is 1.94. The number of carbonyl (C=O) groups excluding carboxylic acids is 1. The summed E-state index contributed by atoms with van der Waals surface area (Å²) in [6.07, 6.45) is 0.478. The molecule has 1 N–H and O–H groups in total. The van der Waals surface area contributed by atoms with Crippen molar-refractivity contribution in [3.8, 4) is 0 Å². The molecule has 1 aromatic heterocycles. The van der Waals surface area contributed by atoms with Gasteiger partial charge in [0.2, 0.25) is 0 Å². The van der Waals surface area contributed by atoms with Gasteiger partial charge < -0.3 is 5.32 Å². The van der Waals surface area contributed by atoms with Crippen LogP contribution in [-0.2, 0) is 6.42 Å². The lowest BCUT2D eigenvalue weighted by molar-refractivity contribution is -0.384. The topological polar surface area (TPSA) is 116 Å². The second kappa shape index (κ2) is 6.74. The van der Waals surface area contributed by atoms with E-state index < -0.39 is 4.92 Å². The van der Waals surface area contributed by atoms with Gasteiger partial charge in [-0.25, -0.2) is 4.68 Å². The summed E-state index contributed by atoms with van der Waals surface area (Å²) in [6, 6.07) is 5.73. The number of nitro benzene ring substituents is 1. The number of carbonyl (C=O) groups is 1. The number of amides is 1. The molecule has 0 fully saturated rings. The van der Waals surface area contributed by atoms with Gasteiger partial charge in [-0.15, -0.1) is 5.10 Å². The molecule has 0 saturated carbocycles.